The lowest BCUT2D eigenvalue weighted by Crippen LogP contribution is -2.30. The lowest BCUT2D eigenvalue weighted by molar-refractivity contribution is 0.383. The van der Waals surface area contributed by atoms with Crippen molar-refractivity contribution < 1.29 is 9.47 Å². The maximum Gasteiger partial charge on any atom is 0.127 e. The monoisotopic (exact) mass is 264 g/mol. The molecule has 1 aromatic rings. The summed E-state index contributed by atoms with van der Waals surface area (Å²) >= 11 is 0. The molecule has 0 saturated heterocycles. The van der Waals surface area contributed by atoms with E-state index < -0.39 is 0 Å². The third-order valence-corrected chi connectivity index (χ3v) is 3.95. The molecule has 1 aliphatic rings. The van der Waals surface area contributed by atoms with Crippen LogP contribution in [0.1, 0.15) is 24.9 Å². The Hall–Kier alpha value is -1.26. The van der Waals surface area contributed by atoms with Crippen molar-refractivity contribution >= 4 is 0 Å². The fourth-order valence-corrected chi connectivity index (χ4v) is 2.40. The van der Waals surface area contributed by atoms with E-state index in [0.29, 0.717) is 6.54 Å². The second-order valence-corrected chi connectivity index (χ2v) is 5.28. The highest BCUT2D eigenvalue weighted by Gasteiger charge is 2.32. The standard InChI is InChI=1S/C15H24N2O2/c1-10-6-11(10)9-17-14(8-16)13-5-4-12(18-2)7-15(13)19-3/h4-5,7,10-11,14,17H,6,8-9,16H2,1-3H3. The number of hydrogen-bond donors (Lipinski definition) is 2. The summed E-state index contributed by atoms with van der Waals surface area (Å²) in [6.45, 7) is 3.87. The normalized spacial score (nSPS) is 22.9. The molecule has 19 heavy (non-hydrogen) atoms. The lowest BCUT2D eigenvalue weighted by atomic mass is 10.0. The van der Waals surface area contributed by atoms with Crippen LogP contribution in [0.25, 0.3) is 0 Å². The van der Waals surface area contributed by atoms with E-state index in [1.807, 2.05) is 18.2 Å². The number of ether oxygens (including phenoxy) is 2. The highest BCUT2D eigenvalue weighted by Crippen LogP contribution is 2.37. The quantitative estimate of drug-likeness (QED) is 0.790. The minimum atomic E-state index is 0.133. The molecule has 0 bridgehead atoms. The largest absolute Gasteiger partial charge is 0.497 e. The van der Waals surface area contributed by atoms with Gasteiger partial charge in [0.25, 0.3) is 0 Å². The molecule has 106 valence electrons. The van der Waals surface area contributed by atoms with Crippen LogP contribution in [0.4, 0.5) is 0 Å². The Labute approximate surface area is 115 Å². The van der Waals surface area contributed by atoms with E-state index in [1.165, 1.54) is 6.42 Å². The first-order chi connectivity index (χ1) is 9.19. The maximum absolute atomic E-state index is 5.89. The van der Waals surface area contributed by atoms with Gasteiger partial charge in [-0.25, -0.2) is 0 Å². The Morgan fingerprint density at radius 3 is 2.63 bits per heavy atom. The molecule has 0 heterocycles. The molecular weight excluding hydrogens is 240 g/mol. The Balaban J connectivity index is 2.07. The van der Waals surface area contributed by atoms with Crippen LogP contribution in [0.2, 0.25) is 0 Å². The lowest BCUT2D eigenvalue weighted by Gasteiger charge is -2.20. The van der Waals surface area contributed by atoms with Crippen LogP contribution in [-0.4, -0.2) is 27.3 Å². The average molecular weight is 264 g/mol. The molecule has 0 aliphatic heterocycles. The first-order valence-corrected chi connectivity index (χ1v) is 6.85. The van der Waals surface area contributed by atoms with Crippen molar-refractivity contribution in [2.24, 2.45) is 17.6 Å². The number of methoxy groups -OCH3 is 2. The third kappa shape index (κ3) is 3.39. The predicted octanol–water partition coefficient (Wildman–Crippen LogP) is 1.95. The topological polar surface area (TPSA) is 56.5 Å². The molecule has 0 amide bonds. The average Bonchev–Trinajstić information content (AvgIpc) is 3.15. The summed E-state index contributed by atoms with van der Waals surface area (Å²) in [5.41, 5.74) is 6.99. The summed E-state index contributed by atoms with van der Waals surface area (Å²) in [5.74, 6) is 3.28. The first-order valence-electron chi connectivity index (χ1n) is 6.85. The Bertz CT molecular complexity index is 423. The van der Waals surface area contributed by atoms with Gasteiger partial charge in [-0.15, -0.1) is 0 Å². The van der Waals surface area contributed by atoms with Crippen LogP contribution in [-0.2, 0) is 0 Å². The molecule has 4 heteroatoms. The zero-order valence-corrected chi connectivity index (χ0v) is 12.0. The van der Waals surface area contributed by atoms with Gasteiger partial charge in [-0.05, 0) is 30.9 Å². The second-order valence-electron chi connectivity index (χ2n) is 5.28. The highest BCUT2D eigenvalue weighted by atomic mass is 16.5. The minimum Gasteiger partial charge on any atom is -0.497 e. The van der Waals surface area contributed by atoms with E-state index in [1.54, 1.807) is 14.2 Å². The first kappa shape index (κ1) is 14.2. The molecule has 2 rings (SSSR count). The van der Waals surface area contributed by atoms with Crippen LogP contribution in [0.3, 0.4) is 0 Å². The van der Waals surface area contributed by atoms with E-state index in [0.717, 1.165) is 35.4 Å². The molecule has 0 aromatic heterocycles. The Kier molecular flexibility index (Phi) is 4.66. The molecule has 1 saturated carbocycles. The van der Waals surface area contributed by atoms with Gasteiger partial charge in [-0.3, -0.25) is 0 Å². The molecule has 0 spiro atoms. The van der Waals surface area contributed by atoms with E-state index in [4.69, 9.17) is 15.2 Å². The summed E-state index contributed by atoms with van der Waals surface area (Å²) in [4.78, 5) is 0. The Morgan fingerprint density at radius 2 is 2.11 bits per heavy atom. The highest BCUT2D eigenvalue weighted by molar-refractivity contribution is 5.42. The van der Waals surface area contributed by atoms with Crippen molar-refractivity contribution in [3.8, 4) is 11.5 Å². The number of rotatable bonds is 7. The van der Waals surface area contributed by atoms with E-state index in [9.17, 15) is 0 Å². The fraction of sp³-hybridized carbons (Fsp3) is 0.600. The number of hydrogen-bond acceptors (Lipinski definition) is 4. The molecule has 1 aromatic carbocycles. The summed E-state index contributed by atoms with van der Waals surface area (Å²) in [7, 11) is 3.33. The van der Waals surface area contributed by atoms with Crippen molar-refractivity contribution in [3.63, 3.8) is 0 Å². The second kappa shape index (κ2) is 6.26. The van der Waals surface area contributed by atoms with E-state index in [2.05, 4.69) is 12.2 Å². The number of nitrogens with two attached hydrogens (primary N) is 1. The van der Waals surface area contributed by atoms with Gasteiger partial charge in [0.2, 0.25) is 0 Å². The van der Waals surface area contributed by atoms with Crippen molar-refractivity contribution in [3.05, 3.63) is 23.8 Å². The summed E-state index contributed by atoms with van der Waals surface area (Å²) in [6.07, 6.45) is 1.32. The summed E-state index contributed by atoms with van der Waals surface area (Å²) < 4.78 is 10.7. The van der Waals surface area contributed by atoms with Crippen molar-refractivity contribution in [1.29, 1.82) is 0 Å². The Morgan fingerprint density at radius 1 is 1.37 bits per heavy atom. The van der Waals surface area contributed by atoms with Crippen LogP contribution >= 0.6 is 0 Å². The molecule has 3 atom stereocenters. The third-order valence-electron chi connectivity index (χ3n) is 3.95. The van der Waals surface area contributed by atoms with Gasteiger partial charge in [-0.1, -0.05) is 13.0 Å². The maximum atomic E-state index is 5.89. The zero-order valence-electron chi connectivity index (χ0n) is 12.0. The van der Waals surface area contributed by atoms with E-state index >= 15 is 0 Å². The summed E-state index contributed by atoms with van der Waals surface area (Å²) in [5, 5.41) is 3.54. The molecule has 0 radical (unpaired) electrons. The molecule has 3 unspecified atom stereocenters. The van der Waals surface area contributed by atoms with E-state index in [-0.39, 0.29) is 6.04 Å². The van der Waals surface area contributed by atoms with Gasteiger partial charge in [0.1, 0.15) is 11.5 Å². The van der Waals surface area contributed by atoms with Crippen LogP contribution in [0, 0.1) is 11.8 Å². The van der Waals surface area contributed by atoms with Gasteiger partial charge >= 0.3 is 0 Å². The van der Waals surface area contributed by atoms with Gasteiger partial charge < -0.3 is 20.5 Å². The molecule has 3 N–H and O–H groups in total. The molecule has 1 fully saturated rings. The van der Waals surface area contributed by atoms with Crippen LogP contribution in [0.5, 0.6) is 11.5 Å². The van der Waals surface area contributed by atoms with Gasteiger partial charge in [0.05, 0.1) is 14.2 Å². The van der Waals surface area contributed by atoms with Crippen molar-refractivity contribution in [1.82, 2.24) is 5.32 Å². The van der Waals surface area contributed by atoms with Crippen LogP contribution in [0.15, 0.2) is 18.2 Å². The fourth-order valence-electron chi connectivity index (χ4n) is 2.40. The molecule has 4 nitrogen and oxygen atoms in total. The predicted molar refractivity (Wildman–Crippen MR) is 76.6 cm³/mol. The van der Waals surface area contributed by atoms with Gasteiger partial charge in [0.15, 0.2) is 0 Å². The SMILES string of the molecule is COc1ccc(C(CN)NCC2CC2C)c(OC)c1. The molecule has 1 aliphatic carbocycles. The smallest absolute Gasteiger partial charge is 0.127 e. The van der Waals surface area contributed by atoms with Crippen molar-refractivity contribution in [2.75, 3.05) is 27.3 Å². The zero-order chi connectivity index (χ0) is 13.8. The number of benzene rings is 1. The molecular formula is C15H24N2O2. The minimum absolute atomic E-state index is 0.133. The summed E-state index contributed by atoms with van der Waals surface area (Å²) in [6, 6.07) is 6.01. The number of nitrogens with one attached hydrogen (secondary N) is 1. The van der Waals surface area contributed by atoms with Crippen molar-refractivity contribution in [2.45, 2.75) is 19.4 Å². The van der Waals surface area contributed by atoms with Gasteiger partial charge in [0, 0.05) is 24.2 Å². The van der Waals surface area contributed by atoms with Crippen LogP contribution < -0.4 is 20.5 Å². The van der Waals surface area contributed by atoms with Gasteiger partial charge in [-0.2, -0.15) is 0 Å².